The number of benzene rings is 2. The van der Waals surface area contributed by atoms with Crippen molar-refractivity contribution in [1.29, 1.82) is 0 Å². The van der Waals surface area contributed by atoms with Crippen LogP contribution in [0, 0.1) is 30.6 Å². The van der Waals surface area contributed by atoms with E-state index in [1.54, 1.807) is 12.1 Å². The summed E-state index contributed by atoms with van der Waals surface area (Å²) in [7, 11) is 0. The highest BCUT2D eigenvalue weighted by molar-refractivity contribution is 6.32. The van der Waals surface area contributed by atoms with Crippen molar-refractivity contribution >= 4 is 29.6 Å². The Balaban J connectivity index is 1.35. The number of halogens is 1. The molecule has 0 radical (unpaired) electrons. The molecule has 0 unspecified atom stereocenters. The average molecular weight is 465 g/mol. The van der Waals surface area contributed by atoms with Crippen molar-refractivity contribution in [2.24, 2.45) is 28.8 Å². The van der Waals surface area contributed by atoms with E-state index in [2.05, 4.69) is 23.3 Å². The number of amides is 2. The molecule has 2 aromatic rings. The normalized spacial score (nSPS) is 25.4. The van der Waals surface area contributed by atoms with Gasteiger partial charge in [0.2, 0.25) is 0 Å². The molecule has 1 saturated heterocycles. The van der Waals surface area contributed by atoms with Crippen LogP contribution < -0.4 is 9.47 Å². The number of fused-ring (bicyclic) bond motifs is 5. The summed E-state index contributed by atoms with van der Waals surface area (Å²) in [6, 6.07) is 11.5. The van der Waals surface area contributed by atoms with Crippen LogP contribution in [-0.2, 0) is 16.2 Å². The molecule has 2 amide bonds. The monoisotopic (exact) mass is 464 g/mol. The molecule has 2 aliphatic carbocycles. The largest absolute Gasteiger partial charge is 0.490 e. The minimum absolute atomic E-state index is 0.153. The molecular weight excluding hydrogens is 440 g/mol. The third-order valence-corrected chi connectivity index (χ3v) is 6.85. The number of hydrazone groups is 1. The topological polar surface area (TPSA) is 68.2 Å². The second-order valence-corrected chi connectivity index (χ2v) is 9.18. The number of allylic oxidation sites excluding steroid dienone is 2. The summed E-state index contributed by atoms with van der Waals surface area (Å²) >= 11 is 6.52. The Bertz CT molecular complexity index is 1140. The van der Waals surface area contributed by atoms with Crippen LogP contribution in [-0.4, -0.2) is 29.6 Å². The Morgan fingerprint density at radius 3 is 2.48 bits per heavy atom. The van der Waals surface area contributed by atoms with Gasteiger partial charge in [0.15, 0.2) is 11.5 Å². The number of aryl methyl sites for hydroxylation is 1. The molecular formula is C26H25ClN2O4. The summed E-state index contributed by atoms with van der Waals surface area (Å²) in [6.07, 6.45) is 6.49. The maximum Gasteiger partial charge on any atom is 0.254 e. The van der Waals surface area contributed by atoms with Crippen molar-refractivity contribution in [2.45, 2.75) is 26.9 Å². The molecule has 0 spiro atoms. The Morgan fingerprint density at radius 2 is 1.82 bits per heavy atom. The van der Waals surface area contributed by atoms with Crippen LogP contribution in [0.3, 0.4) is 0 Å². The van der Waals surface area contributed by atoms with Gasteiger partial charge in [-0.2, -0.15) is 10.1 Å². The van der Waals surface area contributed by atoms with E-state index in [0.717, 1.165) is 22.6 Å². The fourth-order valence-electron chi connectivity index (χ4n) is 5.15. The van der Waals surface area contributed by atoms with Gasteiger partial charge in [-0.05, 0) is 55.4 Å². The number of hydrogen-bond acceptors (Lipinski definition) is 5. The van der Waals surface area contributed by atoms with Gasteiger partial charge < -0.3 is 9.47 Å². The summed E-state index contributed by atoms with van der Waals surface area (Å²) in [4.78, 5) is 25.7. The quantitative estimate of drug-likeness (QED) is 0.336. The number of rotatable bonds is 7. The molecule has 0 aromatic heterocycles. The molecule has 2 aromatic carbocycles. The summed E-state index contributed by atoms with van der Waals surface area (Å²) in [6.45, 7) is 4.69. The van der Waals surface area contributed by atoms with Gasteiger partial charge in [0.05, 0.1) is 29.7 Å². The van der Waals surface area contributed by atoms with E-state index in [9.17, 15) is 9.59 Å². The lowest BCUT2D eigenvalue weighted by Gasteiger charge is -2.15. The van der Waals surface area contributed by atoms with Crippen LogP contribution in [0.1, 0.15) is 30.0 Å². The minimum Gasteiger partial charge on any atom is -0.490 e. The second kappa shape index (κ2) is 8.67. The van der Waals surface area contributed by atoms with Gasteiger partial charge in [0.1, 0.15) is 6.61 Å². The molecule has 5 rings (SSSR count). The zero-order valence-corrected chi connectivity index (χ0v) is 19.3. The number of carbonyl (C=O) groups is 2. The molecule has 0 N–H and O–H groups in total. The van der Waals surface area contributed by atoms with E-state index in [0.29, 0.717) is 35.3 Å². The highest BCUT2D eigenvalue weighted by Gasteiger charge is 2.59. The summed E-state index contributed by atoms with van der Waals surface area (Å²) in [5, 5.41) is 5.63. The van der Waals surface area contributed by atoms with Gasteiger partial charge >= 0.3 is 0 Å². The molecule has 33 heavy (non-hydrogen) atoms. The fraction of sp³-hybridized carbons (Fsp3) is 0.346. The Labute approximate surface area is 197 Å². The smallest absolute Gasteiger partial charge is 0.254 e. The lowest BCUT2D eigenvalue weighted by Crippen LogP contribution is -2.28. The third kappa shape index (κ3) is 3.93. The van der Waals surface area contributed by atoms with E-state index in [1.165, 1.54) is 6.21 Å². The van der Waals surface area contributed by atoms with Crippen LogP contribution in [0.5, 0.6) is 11.5 Å². The predicted octanol–water partition coefficient (Wildman–Crippen LogP) is 4.77. The average Bonchev–Trinajstić information content (AvgIpc) is 3.46. The zero-order valence-electron chi connectivity index (χ0n) is 18.5. The van der Waals surface area contributed by atoms with Crippen LogP contribution in [0.15, 0.2) is 53.7 Å². The number of nitrogens with zero attached hydrogens (tertiary/aromatic N) is 2. The van der Waals surface area contributed by atoms with Gasteiger partial charge in [0.25, 0.3) is 11.8 Å². The van der Waals surface area contributed by atoms with E-state index < -0.39 is 0 Å². The van der Waals surface area contributed by atoms with Crippen LogP contribution in [0.4, 0.5) is 0 Å². The molecule has 1 saturated carbocycles. The van der Waals surface area contributed by atoms with Crippen molar-refractivity contribution in [3.8, 4) is 11.5 Å². The number of ether oxygens (including phenoxy) is 2. The predicted molar refractivity (Wildman–Crippen MR) is 125 cm³/mol. The maximum atomic E-state index is 12.8. The molecule has 2 bridgehead atoms. The summed E-state index contributed by atoms with van der Waals surface area (Å²) < 4.78 is 11.7. The van der Waals surface area contributed by atoms with Crippen LogP contribution >= 0.6 is 11.6 Å². The molecule has 1 heterocycles. The number of imide groups is 1. The maximum absolute atomic E-state index is 12.8. The van der Waals surface area contributed by atoms with Gasteiger partial charge in [0, 0.05) is 0 Å². The van der Waals surface area contributed by atoms with E-state index in [-0.39, 0.29) is 35.5 Å². The molecule has 4 atom stereocenters. The Hall–Kier alpha value is -3.12. The lowest BCUT2D eigenvalue weighted by molar-refractivity contribution is -0.140. The standard InChI is InChI=1S/C26H25ClN2O4/c1-3-32-21-11-17(10-20(27)24(21)33-14-16-6-4-5-15(2)9-16)13-28-29-25(30)22-18-7-8-19(12-18)23(22)26(29)31/h4-11,13,18-19,22-23H,3,12,14H2,1-2H3/t18-,19-,22-,23+/m0/s1. The first-order valence-corrected chi connectivity index (χ1v) is 11.6. The second-order valence-electron chi connectivity index (χ2n) is 8.77. The SMILES string of the molecule is CCOc1cc(C=NN2C(=O)[C@@H]3[C@H](C2=O)[C@H]2C=C[C@H]3C2)cc(Cl)c1OCc1cccc(C)c1. The number of carbonyl (C=O) groups excluding carboxylic acids is 2. The first kappa shape index (κ1) is 21.7. The molecule has 170 valence electrons. The molecule has 6 nitrogen and oxygen atoms in total. The first-order valence-electron chi connectivity index (χ1n) is 11.2. The minimum atomic E-state index is -0.273. The Kier molecular flexibility index (Phi) is 5.71. The highest BCUT2D eigenvalue weighted by atomic mass is 35.5. The van der Waals surface area contributed by atoms with Crippen molar-refractivity contribution < 1.29 is 19.1 Å². The molecule has 3 aliphatic rings. The van der Waals surface area contributed by atoms with Gasteiger partial charge in [-0.1, -0.05) is 53.6 Å². The first-order chi connectivity index (χ1) is 16.0. The number of hydrogen-bond donors (Lipinski definition) is 0. The Morgan fingerprint density at radius 1 is 1.09 bits per heavy atom. The van der Waals surface area contributed by atoms with E-state index in [1.807, 2.05) is 32.0 Å². The van der Waals surface area contributed by atoms with Gasteiger partial charge in [-0.25, -0.2) is 0 Å². The summed E-state index contributed by atoms with van der Waals surface area (Å²) in [5.41, 5.74) is 2.79. The molecule has 2 fully saturated rings. The molecule has 7 heteroatoms. The summed E-state index contributed by atoms with van der Waals surface area (Å²) in [5.74, 6) is 0.259. The third-order valence-electron chi connectivity index (χ3n) is 6.57. The zero-order chi connectivity index (χ0) is 23.1. The lowest BCUT2D eigenvalue weighted by atomic mass is 9.85. The van der Waals surface area contributed by atoms with E-state index in [4.69, 9.17) is 21.1 Å². The van der Waals surface area contributed by atoms with E-state index >= 15 is 0 Å². The van der Waals surface area contributed by atoms with Crippen LogP contribution in [0.25, 0.3) is 0 Å². The van der Waals surface area contributed by atoms with Gasteiger partial charge in [-0.3, -0.25) is 9.59 Å². The van der Waals surface area contributed by atoms with Crippen molar-refractivity contribution in [3.63, 3.8) is 0 Å². The van der Waals surface area contributed by atoms with Crippen molar-refractivity contribution in [1.82, 2.24) is 5.01 Å². The fourth-order valence-corrected chi connectivity index (χ4v) is 5.42. The molecule has 1 aliphatic heterocycles. The van der Waals surface area contributed by atoms with Crippen molar-refractivity contribution in [2.75, 3.05) is 6.61 Å². The highest BCUT2D eigenvalue weighted by Crippen LogP contribution is 2.52. The van der Waals surface area contributed by atoms with Gasteiger partial charge in [-0.15, -0.1) is 0 Å². The van der Waals surface area contributed by atoms with Crippen molar-refractivity contribution in [3.05, 3.63) is 70.3 Å². The van der Waals surface area contributed by atoms with Crippen LogP contribution in [0.2, 0.25) is 5.02 Å².